The maximum atomic E-state index is 11.6. The van der Waals surface area contributed by atoms with Gasteiger partial charge in [0.15, 0.2) is 0 Å². The van der Waals surface area contributed by atoms with E-state index in [0.29, 0.717) is 0 Å². The highest BCUT2D eigenvalue weighted by Crippen LogP contribution is 2.28. The third-order valence-electron chi connectivity index (χ3n) is 1.93. The molecular formula is C11H10Cl3NO3. The van der Waals surface area contributed by atoms with Crippen molar-refractivity contribution in [2.75, 3.05) is 11.9 Å². The van der Waals surface area contributed by atoms with Crippen LogP contribution in [0, 0.1) is 0 Å². The maximum absolute atomic E-state index is 11.6. The number of halogens is 3. The van der Waals surface area contributed by atoms with Crippen LogP contribution in [0.1, 0.15) is 17.3 Å². The standard InChI is InChI=1S/C11H10Cl3NO3/c1-2-18-9(16)7-5-3-4-6-8(7)15-10(17)11(12,13)14/h3-6H,2H2,1H3,(H,15,17). The van der Waals surface area contributed by atoms with Crippen LogP contribution < -0.4 is 5.32 Å². The molecule has 1 amide bonds. The average molecular weight is 311 g/mol. The van der Waals surface area contributed by atoms with Gasteiger partial charge >= 0.3 is 5.97 Å². The molecule has 0 aliphatic carbocycles. The first kappa shape index (κ1) is 15.1. The summed E-state index contributed by atoms with van der Waals surface area (Å²) in [6.45, 7) is 1.91. The van der Waals surface area contributed by atoms with Crippen LogP contribution in [0.4, 0.5) is 5.69 Å². The molecule has 4 nitrogen and oxygen atoms in total. The summed E-state index contributed by atoms with van der Waals surface area (Å²) < 4.78 is 2.75. The summed E-state index contributed by atoms with van der Waals surface area (Å²) in [4.78, 5) is 23.1. The van der Waals surface area contributed by atoms with Crippen molar-refractivity contribution in [2.45, 2.75) is 10.7 Å². The summed E-state index contributed by atoms with van der Waals surface area (Å²) in [6, 6.07) is 6.29. The molecule has 0 aliphatic rings. The number of carbonyl (C=O) groups is 2. The van der Waals surface area contributed by atoms with Crippen LogP contribution in [-0.4, -0.2) is 22.3 Å². The Morgan fingerprint density at radius 2 is 1.89 bits per heavy atom. The molecule has 0 spiro atoms. The molecule has 0 atom stereocenters. The minimum Gasteiger partial charge on any atom is -0.462 e. The van der Waals surface area contributed by atoms with Gasteiger partial charge in [-0.15, -0.1) is 0 Å². The molecule has 0 aliphatic heterocycles. The number of para-hydroxylation sites is 1. The first-order chi connectivity index (χ1) is 8.36. The van der Waals surface area contributed by atoms with Gasteiger partial charge in [0, 0.05) is 0 Å². The highest BCUT2D eigenvalue weighted by atomic mass is 35.6. The van der Waals surface area contributed by atoms with Crippen molar-refractivity contribution in [3.8, 4) is 0 Å². The third-order valence-corrected chi connectivity index (χ3v) is 2.44. The largest absolute Gasteiger partial charge is 0.462 e. The Morgan fingerprint density at radius 3 is 2.44 bits per heavy atom. The first-order valence-corrected chi connectivity index (χ1v) is 6.14. The molecule has 7 heteroatoms. The molecule has 0 saturated heterocycles. The van der Waals surface area contributed by atoms with Gasteiger partial charge in [-0.1, -0.05) is 46.9 Å². The van der Waals surface area contributed by atoms with Crippen molar-refractivity contribution in [1.29, 1.82) is 0 Å². The third kappa shape index (κ3) is 4.05. The maximum Gasteiger partial charge on any atom is 0.340 e. The van der Waals surface area contributed by atoms with Gasteiger partial charge in [-0.3, -0.25) is 4.79 Å². The number of carbonyl (C=O) groups excluding carboxylic acids is 2. The molecule has 0 heterocycles. The predicted octanol–water partition coefficient (Wildman–Crippen LogP) is 3.17. The van der Waals surface area contributed by atoms with Crippen molar-refractivity contribution in [2.24, 2.45) is 0 Å². The first-order valence-electron chi connectivity index (χ1n) is 5.00. The van der Waals surface area contributed by atoms with Gasteiger partial charge in [-0.25, -0.2) is 4.79 Å². The Balaban J connectivity index is 2.96. The van der Waals surface area contributed by atoms with E-state index in [0.717, 1.165) is 0 Å². The zero-order valence-electron chi connectivity index (χ0n) is 9.38. The van der Waals surface area contributed by atoms with Gasteiger partial charge in [0.2, 0.25) is 0 Å². The van der Waals surface area contributed by atoms with E-state index in [-0.39, 0.29) is 17.9 Å². The van der Waals surface area contributed by atoms with Crippen molar-refractivity contribution >= 4 is 52.4 Å². The molecule has 0 aromatic heterocycles. The highest BCUT2D eigenvalue weighted by molar-refractivity contribution is 6.76. The van der Waals surface area contributed by atoms with Crippen molar-refractivity contribution < 1.29 is 14.3 Å². The molecule has 0 radical (unpaired) electrons. The van der Waals surface area contributed by atoms with E-state index in [4.69, 9.17) is 39.5 Å². The summed E-state index contributed by atoms with van der Waals surface area (Å²) in [5, 5.41) is 2.35. The number of nitrogens with one attached hydrogen (secondary N) is 1. The lowest BCUT2D eigenvalue weighted by atomic mass is 10.2. The van der Waals surface area contributed by atoms with E-state index in [9.17, 15) is 9.59 Å². The second-order valence-electron chi connectivity index (χ2n) is 3.22. The minimum absolute atomic E-state index is 0.196. The summed E-state index contributed by atoms with van der Waals surface area (Å²) in [6.07, 6.45) is 0. The molecule has 1 rings (SSSR count). The van der Waals surface area contributed by atoms with Gasteiger partial charge < -0.3 is 10.1 Å². The fourth-order valence-corrected chi connectivity index (χ4v) is 1.31. The second-order valence-corrected chi connectivity index (χ2v) is 5.50. The number of anilines is 1. The molecule has 98 valence electrons. The highest BCUT2D eigenvalue weighted by Gasteiger charge is 2.31. The molecule has 0 bridgehead atoms. The predicted molar refractivity (Wildman–Crippen MR) is 71.3 cm³/mol. The molecule has 1 aromatic carbocycles. The van der Waals surface area contributed by atoms with Crippen molar-refractivity contribution in [1.82, 2.24) is 0 Å². The van der Waals surface area contributed by atoms with Gasteiger partial charge in [0.05, 0.1) is 17.9 Å². The van der Waals surface area contributed by atoms with Gasteiger partial charge in [0.1, 0.15) is 0 Å². The Bertz CT molecular complexity index is 457. The molecular weight excluding hydrogens is 300 g/mol. The average Bonchev–Trinajstić information content (AvgIpc) is 2.28. The lowest BCUT2D eigenvalue weighted by Gasteiger charge is -2.13. The van der Waals surface area contributed by atoms with Crippen molar-refractivity contribution in [3.63, 3.8) is 0 Å². The normalized spacial score (nSPS) is 10.9. The monoisotopic (exact) mass is 309 g/mol. The molecule has 0 unspecified atom stereocenters. The molecule has 1 aromatic rings. The van der Waals surface area contributed by atoms with Crippen LogP contribution in [0.3, 0.4) is 0 Å². The number of hydrogen-bond acceptors (Lipinski definition) is 3. The fourth-order valence-electron chi connectivity index (χ4n) is 1.17. The SMILES string of the molecule is CCOC(=O)c1ccccc1NC(=O)C(Cl)(Cl)Cl. The second kappa shape index (κ2) is 6.27. The lowest BCUT2D eigenvalue weighted by Crippen LogP contribution is -2.28. The smallest absolute Gasteiger partial charge is 0.340 e. The van der Waals surface area contributed by atoms with E-state index >= 15 is 0 Å². The summed E-state index contributed by atoms with van der Waals surface area (Å²) in [5.74, 6) is -1.40. The van der Waals surface area contributed by atoms with E-state index in [1.54, 1.807) is 19.1 Å². The molecule has 0 saturated carbocycles. The Hall–Kier alpha value is -0.970. The number of rotatable bonds is 3. The minimum atomic E-state index is -2.10. The van der Waals surface area contributed by atoms with Gasteiger partial charge in [0.25, 0.3) is 9.70 Å². The topological polar surface area (TPSA) is 55.4 Å². The van der Waals surface area contributed by atoms with Crippen LogP contribution in [0.15, 0.2) is 24.3 Å². The quantitative estimate of drug-likeness (QED) is 0.689. The Morgan fingerprint density at radius 1 is 1.28 bits per heavy atom. The van der Waals surface area contributed by atoms with Gasteiger partial charge in [-0.2, -0.15) is 0 Å². The van der Waals surface area contributed by atoms with E-state index < -0.39 is 15.7 Å². The number of esters is 1. The molecule has 18 heavy (non-hydrogen) atoms. The summed E-state index contributed by atoms with van der Waals surface area (Å²) in [7, 11) is 0. The number of alkyl halides is 3. The Kier molecular flexibility index (Phi) is 5.26. The van der Waals surface area contributed by atoms with Crippen LogP contribution in [0.2, 0.25) is 0 Å². The number of hydrogen-bond donors (Lipinski definition) is 1. The van der Waals surface area contributed by atoms with E-state index in [1.165, 1.54) is 12.1 Å². The number of benzene rings is 1. The molecule has 1 N–H and O–H groups in total. The summed E-state index contributed by atoms with van der Waals surface area (Å²) >= 11 is 16.3. The fraction of sp³-hybridized carbons (Fsp3) is 0.273. The van der Waals surface area contributed by atoms with E-state index in [2.05, 4.69) is 5.32 Å². The van der Waals surface area contributed by atoms with Crippen LogP contribution in [-0.2, 0) is 9.53 Å². The molecule has 0 fully saturated rings. The van der Waals surface area contributed by atoms with E-state index in [1.807, 2.05) is 0 Å². The zero-order valence-corrected chi connectivity index (χ0v) is 11.6. The number of amides is 1. The zero-order chi connectivity index (χ0) is 13.8. The number of ether oxygens (including phenoxy) is 1. The van der Waals surface area contributed by atoms with Crippen LogP contribution >= 0.6 is 34.8 Å². The Labute approximate surface area is 119 Å². The van der Waals surface area contributed by atoms with Gasteiger partial charge in [-0.05, 0) is 19.1 Å². The van der Waals surface area contributed by atoms with Crippen LogP contribution in [0.5, 0.6) is 0 Å². The lowest BCUT2D eigenvalue weighted by molar-refractivity contribution is -0.115. The van der Waals surface area contributed by atoms with Crippen LogP contribution in [0.25, 0.3) is 0 Å². The van der Waals surface area contributed by atoms with Crippen molar-refractivity contribution in [3.05, 3.63) is 29.8 Å². The summed E-state index contributed by atoms with van der Waals surface area (Å²) in [5.41, 5.74) is 0.425.